The van der Waals surface area contributed by atoms with E-state index in [-0.39, 0.29) is 0 Å². The van der Waals surface area contributed by atoms with E-state index in [0.717, 1.165) is 5.56 Å². The van der Waals surface area contributed by atoms with Crippen molar-refractivity contribution >= 4 is 6.09 Å². The lowest BCUT2D eigenvalue weighted by Gasteiger charge is -2.26. The molecule has 0 unspecified atom stereocenters. The quantitative estimate of drug-likeness (QED) is 0.879. The number of alkyl carbamates (subject to hydrolysis) is 1. The van der Waals surface area contributed by atoms with E-state index in [1.165, 1.54) is 0 Å². The zero-order valence-electron chi connectivity index (χ0n) is 12.0. The summed E-state index contributed by atoms with van der Waals surface area (Å²) in [6, 6.07) is 8.94. The first-order chi connectivity index (χ1) is 8.83. The van der Waals surface area contributed by atoms with Gasteiger partial charge in [0, 0.05) is 0 Å². The Balaban J connectivity index is 2.80. The van der Waals surface area contributed by atoms with Crippen molar-refractivity contribution in [2.75, 3.05) is 0 Å². The molecule has 0 aromatic heterocycles. The highest BCUT2D eigenvalue weighted by Gasteiger charge is 2.24. The highest BCUT2D eigenvalue weighted by Crippen LogP contribution is 2.19. The summed E-state index contributed by atoms with van der Waals surface area (Å²) >= 11 is 0. The second-order valence-corrected chi connectivity index (χ2v) is 5.51. The number of amides is 1. The first-order valence-corrected chi connectivity index (χ1v) is 6.56. The summed E-state index contributed by atoms with van der Waals surface area (Å²) in [5.41, 5.74) is 0.311. The molecule has 2 N–H and O–H groups in total. The van der Waals surface area contributed by atoms with Crippen LogP contribution < -0.4 is 5.32 Å². The van der Waals surface area contributed by atoms with Gasteiger partial charge in [0.1, 0.15) is 5.60 Å². The maximum absolute atomic E-state index is 11.8. The van der Waals surface area contributed by atoms with E-state index in [1.807, 2.05) is 37.3 Å². The lowest BCUT2D eigenvalue weighted by molar-refractivity contribution is 0.0417. The van der Waals surface area contributed by atoms with Gasteiger partial charge >= 0.3 is 6.09 Å². The van der Waals surface area contributed by atoms with Gasteiger partial charge in [0.2, 0.25) is 0 Å². The summed E-state index contributed by atoms with van der Waals surface area (Å²) < 4.78 is 5.22. The summed E-state index contributed by atoms with van der Waals surface area (Å²) in [5.74, 6) is 0. The molecule has 2 atom stereocenters. The Morgan fingerprint density at radius 2 is 1.89 bits per heavy atom. The minimum atomic E-state index is -0.644. The molecule has 0 spiro atoms. The molecular weight excluding hydrogens is 242 g/mol. The Morgan fingerprint density at radius 1 is 1.32 bits per heavy atom. The molecule has 106 valence electrons. The van der Waals surface area contributed by atoms with Gasteiger partial charge in [0.15, 0.2) is 0 Å². The number of ether oxygens (including phenoxy) is 1. The third kappa shape index (κ3) is 5.30. The summed E-state index contributed by atoms with van der Waals surface area (Å²) in [6.07, 6.45) is -0.612. The SMILES string of the molecule is CC[C@H](O)[C@@H](NC(=O)OC(C)(C)C)c1ccccc1. The van der Waals surface area contributed by atoms with E-state index in [4.69, 9.17) is 4.74 Å². The Hall–Kier alpha value is -1.55. The number of aliphatic hydroxyl groups is 1. The van der Waals surface area contributed by atoms with Crippen molar-refractivity contribution in [3.05, 3.63) is 35.9 Å². The van der Waals surface area contributed by atoms with Gasteiger partial charge in [-0.2, -0.15) is 0 Å². The van der Waals surface area contributed by atoms with Gasteiger partial charge in [-0.1, -0.05) is 37.3 Å². The van der Waals surface area contributed by atoms with Crippen LogP contribution in [0.1, 0.15) is 45.7 Å². The molecule has 0 fully saturated rings. The maximum atomic E-state index is 11.8. The van der Waals surface area contributed by atoms with Crippen LogP contribution in [0.5, 0.6) is 0 Å². The van der Waals surface area contributed by atoms with E-state index in [9.17, 15) is 9.90 Å². The van der Waals surface area contributed by atoms with E-state index in [0.29, 0.717) is 6.42 Å². The number of hydrogen-bond acceptors (Lipinski definition) is 3. The van der Waals surface area contributed by atoms with Crippen molar-refractivity contribution in [2.24, 2.45) is 0 Å². The van der Waals surface area contributed by atoms with E-state index in [1.54, 1.807) is 20.8 Å². The molecule has 0 aliphatic heterocycles. The molecule has 1 aromatic rings. The molecule has 4 nitrogen and oxygen atoms in total. The topological polar surface area (TPSA) is 58.6 Å². The third-order valence-corrected chi connectivity index (χ3v) is 2.63. The zero-order chi connectivity index (χ0) is 14.5. The average molecular weight is 265 g/mol. The van der Waals surface area contributed by atoms with Crippen LogP contribution in [0.2, 0.25) is 0 Å². The largest absolute Gasteiger partial charge is 0.444 e. The van der Waals surface area contributed by atoms with Crippen molar-refractivity contribution in [2.45, 2.75) is 51.9 Å². The fourth-order valence-electron chi connectivity index (χ4n) is 1.73. The molecular formula is C15H23NO3. The number of benzene rings is 1. The summed E-state index contributed by atoms with van der Waals surface area (Å²) in [6.45, 7) is 7.29. The Kier molecular flexibility index (Phi) is 5.36. The molecule has 0 bridgehead atoms. The van der Waals surface area contributed by atoms with Gasteiger partial charge in [0.05, 0.1) is 12.1 Å². The first-order valence-electron chi connectivity index (χ1n) is 6.56. The molecule has 0 saturated heterocycles. The number of carbonyl (C=O) groups is 1. The Bertz CT molecular complexity index is 398. The van der Waals surface area contributed by atoms with Crippen LogP contribution in [0.3, 0.4) is 0 Å². The van der Waals surface area contributed by atoms with E-state index >= 15 is 0 Å². The van der Waals surface area contributed by atoms with Crippen LogP contribution in [0, 0.1) is 0 Å². The number of rotatable bonds is 4. The maximum Gasteiger partial charge on any atom is 0.408 e. The standard InChI is InChI=1S/C15H23NO3/c1-5-12(17)13(11-9-7-6-8-10-11)16-14(18)19-15(2,3)4/h6-10,12-13,17H,5H2,1-4H3,(H,16,18)/t12-,13-/m0/s1. The van der Waals surface area contributed by atoms with Crippen molar-refractivity contribution in [3.8, 4) is 0 Å². The third-order valence-electron chi connectivity index (χ3n) is 2.63. The lowest BCUT2D eigenvalue weighted by Crippen LogP contribution is -2.39. The molecule has 19 heavy (non-hydrogen) atoms. The van der Waals surface area contributed by atoms with Gasteiger partial charge in [-0.15, -0.1) is 0 Å². The van der Waals surface area contributed by atoms with Gasteiger partial charge in [-0.3, -0.25) is 0 Å². The molecule has 0 heterocycles. The van der Waals surface area contributed by atoms with Crippen LogP contribution in [0.25, 0.3) is 0 Å². The molecule has 4 heteroatoms. The van der Waals surface area contributed by atoms with Crippen molar-refractivity contribution in [1.29, 1.82) is 0 Å². The summed E-state index contributed by atoms with van der Waals surface area (Å²) in [5, 5.41) is 12.8. The Morgan fingerprint density at radius 3 is 2.37 bits per heavy atom. The fourth-order valence-corrected chi connectivity index (χ4v) is 1.73. The summed E-state index contributed by atoms with van der Waals surface area (Å²) in [7, 11) is 0. The van der Waals surface area contributed by atoms with E-state index < -0.39 is 23.8 Å². The molecule has 1 aromatic carbocycles. The normalized spacial score (nSPS) is 14.6. The molecule has 0 radical (unpaired) electrons. The summed E-state index contributed by atoms with van der Waals surface area (Å²) in [4.78, 5) is 11.8. The smallest absolute Gasteiger partial charge is 0.408 e. The van der Waals surface area contributed by atoms with Crippen molar-refractivity contribution < 1.29 is 14.6 Å². The van der Waals surface area contributed by atoms with Gasteiger partial charge < -0.3 is 15.2 Å². The monoisotopic (exact) mass is 265 g/mol. The fraction of sp³-hybridized carbons (Fsp3) is 0.533. The van der Waals surface area contributed by atoms with Crippen LogP contribution >= 0.6 is 0 Å². The van der Waals surface area contributed by atoms with Gasteiger partial charge in [-0.25, -0.2) is 4.79 Å². The minimum absolute atomic E-state index is 0.457. The second kappa shape index (κ2) is 6.57. The van der Waals surface area contributed by atoms with Crippen LogP contribution in [0.15, 0.2) is 30.3 Å². The van der Waals surface area contributed by atoms with Crippen molar-refractivity contribution in [1.82, 2.24) is 5.32 Å². The molecule has 0 aliphatic carbocycles. The molecule has 1 amide bonds. The van der Waals surface area contributed by atoms with E-state index in [2.05, 4.69) is 5.32 Å². The number of aliphatic hydroxyl groups excluding tert-OH is 1. The highest BCUT2D eigenvalue weighted by molar-refractivity contribution is 5.68. The van der Waals surface area contributed by atoms with Gasteiger partial charge in [-0.05, 0) is 32.8 Å². The zero-order valence-corrected chi connectivity index (χ0v) is 12.0. The van der Waals surface area contributed by atoms with Crippen molar-refractivity contribution in [3.63, 3.8) is 0 Å². The molecule has 0 aliphatic rings. The number of nitrogens with one attached hydrogen (secondary N) is 1. The minimum Gasteiger partial charge on any atom is -0.444 e. The predicted octanol–water partition coefficient (Wildman–Crippen LogP) is 3.02. The molecule has 0 saturated carbocycles. The average Bonchev–Trinajstić information content (AvgIpc) is 2.34. The van der Waals surface area contributed by atoms with Crippen LogP contribution in [-0.4, -0.2) is 22.9 Å². The van der Waals surface area contributed by atoms with Crippen LogP contribution in [-0.2, 0) is 4.74 Å². The second-order valence-electron chi connectivity index (χ2n) is 5.51. The lowest BCUT2D eigenvalue weighted by atomic mass is 10.00. The Labute approximate surface area is 114 Å². The first kappa shape index (κ1) is 15.5. The molecule has 1 rings (SSSR count). The predicted molar refractivity (Wildman–Crippen MR) is 74.9 cm³/mol. The number of hydrogen-bond donors (Lipinski definition) is 2. The van der Waals surface area contributed by atoms with Crippen LogP contribution in [0.4, 0.5) is 4.79 Å². The van der Waals surface area contributed by atoms with Gasteiger partial charge in [0.25, 0.3) is 0 Å². The number of carbonyl (C=O) groups excluding carboxylic acids is 1. The highest BCUT2D eigenvalue weighted by atomic mass is 16.6.